The fraction of sp³-hybridized carbons (Fsp3) is 0.308. The van der Waals surface area contributed by atoms with Crippen molar-refractivity contribution in [3.05, 3.63) is 71.4 Å². The molecule has 3 aromatic heterocycles. The molecule has 8 heteroatoms. The van der Waals surface area contributed by atoms with E-state index in [4.69, 9.17) is 16.3 Å². The van der Waals surface area contributed by atoms with Gasteiger partial charge in [0.2, 0.25) is 5.91 Å². The Morgan fingerprint density at radius 3 is 2.94 bits per heavy atom. The second-order valence-electron chi connectivity index (χ2n) is 8.45. The minimum absolute atomic E-state index is 0.105. The number of ether oxygens (including phenoxy) is 1. The van der Waals surface area contributed by atoms with E-state index in [9.17, 15) is 4.79 Å². The van der Waals surface area contributed by atoms with Crippen LogP contribution >= 0.6 is 11.6 Å². The number of carbonyl (C=O) groups is 1. The Bertz CT molecular complexity index is 1330. The molecule has 0 radical (unpaired) electrons. The number of carbonyl (C=O) groups excluding carboxylic acids is 1. The molecule has 0 saturated carbocycles. The molecule has 4 heterocycles. The molecule has 1 atom stereocenters. The topological polar surface area (TPSA) is 81.9 Å². The van der Waals surface area contributed by atoms with Crippen LogP contribution in [0.1, 0.15) is 43.7 Å². The highest BCUT2D eigenvalue weighted by Gasteiger charge is 2.20. The van der Waals surface area contributed by atoms with Crippen LogP contribution in [0.15, 0.2) is 55.1 Å². The lowest BCUT2D eigenvalue weighted by atomic mass is 9.98. The summed E-state index contributed by atoms with van der Waals surface area (Å²) in [5, 5.41) is 9.64. The molecule has 7 nitrogen and oxygen atoms in total. The molecule has 1 fully saturated rings. The Morgan fingerprint density at radius 2 is 2.12 bits per heavy atom. The van der Waals surface area contributed by atoms with E-state index >= 15 is 0 Å². The molecule has 0 spiro atoms. The quantitative estimate of drug-likeness (QED) is 0.393. The maximum absolute atomic E-state index is 12.8. The maximum Gasteiger partial charge on any atom is 0.231 e. The average Bonchev–Trinajstić information content (AvgIpc) is 3.32. The smallest absolute Gasteiger partial charge is 0.231 e. The number of nitrogens with zero attached hydrogens (tertiary/aromatic N) is 4. The molecule has 1 aliphatic heterocycles. The van der Waals surface area contributed by atoms with Gasteiger partial charge in [0.15, 0.2) is 0 Å². The van der Waals surface area contributed by atoms with Crippen molar-refractivity contribution < 1.29 is 9.53 Å². The van der Waals surface area contributed by atoms with Crippen LogP contribution in [0.25, 0.3) is 21.9 Å². The van der Waals surface area contributed by atoms with Crippen LogP contribution < -0.4 is 5.32 Å². The standard InChI is InChI=1S/C26H26ClN5O2/c1-2-17-6-8-28-15-21(17)18-11-19-13-24(29-16-22(19)23(27)12-18)31-25(33)14-20-7-9-30-32(20)26-5-3-4-10-34-26/h6-9,11-13,15-16,26H,2-5,10,14H2,1H3,(H,29,31,33). The molecule has 1 amide bonds. The van der Waals surface area contributed by atoms with E-state index in [1.165, 1.54) is 5.56 Å². The van der Waals surface area contributed by atoms with E-state index in [-0.39, 0.29) is 18.6 Å². The normalized spacial score (nSPS) is 16.0. The van der Waals surface area contributed by atoms with Crippen LogP contribution in [-0.2, 0) is 22.4 Å². The minimum atomic E-state index is -0.160. The number of halogens is 1. The number of fused-ring (bicyclic) bond motifs is 1. The van der Waals surface area contributed by atoms with Gasteiger partial charge in [-0.1, -0.05) is 18.5 Å². The van der Waals surface area contributed by atoms with Gasteiger partial charge in [0, 0.05) is 42.3 Å². The largest absolute Gasteiger partial charge is 0.357 e. The van der Waals surface area contributed by atoms with Gasteiger partial charge in [-0.05, 0) is 72.5 Å². The zero-order chi connectivity index (χ0) is 23.5. The lowest BCUT2D eigenvalue weighted by molar-refractivity contribution is -0.115. The molecule has 5 rings (SSSR count). The molecule has 1 unspecified atom stereocenters. The average molecular weight is 476 g/mol. The highest BCUT2D eigenvalue weighted by Crippen LogP contribution is 2.33. The third-order valence-electron chi connectivity index (χ3n) is 6.18. The van der Waals surface area contributed by atoms with Crippen molar-refractivity contribution in [3.8, 4) is 11.1 Å². The Labute approximate surface area is 203 Å². The number of rotatable bonds is 6. The van der Waals surface area contributed by atoms with Crippen molar-refractivity contribution in [2.75, 3.05) is 11.9 Å². The van der Waals surface area contributed by atoms with E-state index in [1.807, 2.05) is 35.1 Å². The van der Waals surface area contributed by atoms with E-state index in [0.29, 0.717) is 10.8 Å². The van der Waals surface area contributed by atoms with Crippen LogP contribution in [0.4, 0.5) is 5.82 Å². The van der Waals surface area contributed by atoms with Crippen LogP contribution in [-0.4, -0.2) is 32.3 Å². The summed E-state index contributed by atoms with van der Waals surface area (Å²) >= 11 is 6.58. The van der Waals surface area contributed by atoms with Gasteiger partial charge < -0.3 is 10.1 Å². The van der Waals surface area contributed by atoms with Crippen LogP contribution in [0.3, 0.4) is 0 Å². The van der Waals surface area contributed by atoms with Crippen molar-refractivity contribution in [1.29, 1.82) is 0 Å². The molecule has 4 aromatic rings. The van der Waals surface area contributed by atoms with Crippen molar-refractivity contribution >= 4 is 34.1 Å². The molecular weight excluding hydrogens is 450 g/mol. The Kier molecular flexibility index (Phi) is 6.56. The molecule has 1 aliphatic rings. The van der Waals surface area contributed by atoms with E-state index in [0.717, 1.165) is 59.9 Å². The summed E-state index contributed by atoms with van der Waals surface area (Å²) in [7, 11) is 0. The van der Waals surface area contributed by atoms with E-state index in [2.05, 4.69) is 33.4 Å². The number of hydrogen-bond acceptors (Lipinski definition) is 5. The third-order valence-corrected chi connectivity index (χ3v) is 6.49. The summed E-state index contributed by atoms with van der Waals surface area (Å²) in [5.41, 5.74) is 4.06. The van der Waals surface area contributed by atoms with Gasteiger partial charge in [-0.15, -0.1) is 0 Å². The van der Waals surface area contributed by atoms with E-state index < -0.39 is 0 Å². The lowest BCUT2D eigenvalue weighted by Gasteiger charge is -2.24. The van der Waals surface area contributed by atoms with Gasteiger partial charge in [-0.25, -0.2) is 9.67 Å². The number of amides is 1. The second kappa shape index (κ2) is 9.91. The SMILES string of the molecule is CCc1ccncc1-c1cc(Cl)c2cnc(NC(=O)Cc3ccnn3C3CCCCO3)cc2c1. The highest BCUT2D eigenvalue weighted by molar-refractivity contribution is 6.36. The van der Waals surface area contributed by atoms with Crippen molar-refractivity contribution in [3.63, 3.8) is 0 Å². The number of pyridine rings is 2. The molecule has 174 valence electrons. The van der Waals surface area contributed by atoms with Gasteiger partial charge in [-0.2, -0.15) is 5.10 Å². The summed E-state index contributed by atoms with van der Waals surface area (Å²) in [5.74, 6) is 0.319. The lowest BCUT2D eigenvalue weighted by Crippen LogP contribution is -2.23. The van der Waals surface area contributed by atoms with Gasteiger partial charge >= 0.3 is 0 Å². The highest BCUT2D eigenvalue weighted by atomic mass is 35.5. The first-order valence-corrected chi connectivity index (χ1v) is 12.0. The number of anilines is 1. The summed E-state index contributed by atoms with van der Waals surface area (Å²) in [4.78, 5) is 21.5. The number of aryl methyl sites for hydroxylation is 1. The van der Waals surface area contributed by atoms with Gasteiger partial charge in [0.1, 0.15) is 12.0 Å². The number of hydrogen-bond donors (Lipinski definition) is 1. The monoisotopic (exact) mass is 475 g/mol. The van der Waals surface area contributed by atoms with Crippen LogP contribution in [0.2, 0.25) is 5.02 Å². The van der Waals surface area contributed by atoms with Gasteiger partial charge in [0.25, 0.3) is 0 Å². The van der Waals surface area contributed by atoms with Crippen molar-refractivity contribution in [1.82, 2.24) is 19.7 Å². The first-order valence-electron chi connectivity index (χ1n) is 11.6. The minimum Gasteiger partial charge on any atom is -0.357 e. The molecule has 1 aromatic carbocycles. The Balaban J connectivity index is 1.37. The first-order chi connectivity index (χ1) is 16.6. The zero-order valence-electron chi connectivity index (χ0n) is 19.0. The molecule has 1 saturated heterocycles. The Morgan fingerprint density at radius 1 is 1.21 bits per heavy atom. The number of aromatic nitrogens is 4. The van der Waals surface area contributed by atoms with Gasteiger partial charge in [0.05, 0.1) is 17.1 Å². The second-order valence-corrected chi connectivity index (χ2v) is 8.86. The van der Waals surface area contributed by atoms with Crippen molar-refractivity contribution in [2.45, 2.75) is 45.3 Å². The van der Waals surface area contributed by atoms with Gasteiger partial charge in [-0.3, -0.25) is 9.78 Å². The molecule has 0 aliphatic carbocycles. The molecule has 34 heavy (non-hydrogen) atoms. The van der Waals surface area contributed by atoms with E-state index in [1.54, 1.807) is 18.6 Å². The number of nitrogens with one attached hydrogen (secondary N) is 1. The fourth-order valence-corrected chi connectivity index (χ4v) is 4.71. The summed E-state index contributed by atoms with van der Waals surface area (Å²) in [6.07, 6.45) is 11.1. The van der Waals surface area contributed by atoms with Crippen LogP contribution in [0.5, 0.6) is 0 Å². The zero-order valence-corrected chi connectivity index (χ0v) is 19.8. The molecular formula is C26H26ClN5O2. The first kappa shape index (κ1) is 22.5. The summed E-state index contributed by atoms with van der Waals surface area (Å²) in [6.45, 7) is 2.84. The number of benzene rings is 1. The molecule has 1 N–H and O–H groups in total. The molecule has 0 bridgehead atoms. The Hall–Kier alpha value is -3.29. The van der Waals surface area contributed by atoms with Crippen molar-refractivity contribution in [2.24, 2.45) is 0 Å². The third kappa shape index (κ3) is 4.67. The van der Waals surface area contributed by atoms with Crippen LogP contribution in [0, 0.1) is 0 Å². The summed E-state index contributed by atoms with van der Waals surface area (Å²) < 4.78 is 7.64. The fourth-order valence-electron chi connectivity index (χ4n) is 4.44. The predicted octanol–water partition coefficient (Wildman–Crippen LogP) is 5.59. The summed E-state index contributed by atoms with van der Waals surface area (Å²) in [6, 6.07) is 9.73. The maximum atomic E-state index is 12.8. The predicted molar refractivity (Wildman–Crippen MR) is 133 cm³/mol.